The minimum absolute atomic E-state index is 0.0228. The Balaban J connectivity index is 2.26. The molecule has 3 N–H and O–H groups in total. The number of primary amides is 1. The van der Waals surface area contributed by atoms with Gasteiger partial charge in [0.2, 0.25) is 0 Å². The molecule has 0 saturated heterocycles. The fourth-order valence-electron chi connectivity index (χ4n) is 2.50. The third kappa shape index (κ3) is 3.02. The van der Waals surface area contributed by atoms with Crippen molar-refractivity contribution in [1.29, 1.82) is 0 Å². The average Bonchev–Trinajstić information content (AvgIpc) is 2.74. The zero-order chi connectivity index (χ0) is 15.6. The van der Waals surface area contributed by atoms with Crippen molar-refractivity contribution in [3.63, 3.8) is 0 Å². The van der Waals surface area contributed by atoms with Gasteiger partial charge in [-0.15, -0.1) is 0 Å². The van der Waals surface area contributed by atoms with Crippen molar-refractivity contribution in [3.05, 3.63) is 46.8 Å². The number of hydrogen-bond donors (Lipinski definition) is 2. The molecule has 112 valence electrons. The number of aromatic nitrogens is 1. The summed E-state index contributed by atoms with van der Waals surface area (Å²) in [5.41, 5.74) is 8.55. The number of aryl methyl sites for hydroxylation is 3. The number of rotatable bonds is 5. The van der Waals surface area contributed by atoms with Gasteiger partial charge in [-0.2, -0.15) is 0 Å². The van der Waals surface area contributed by atoms with Crippen molar-refractivity contribution < 1.29 is 14.6 Å². The van der Waals surface area contributed by atoms with E-state index in [1.807, 2.05) is 0 Å². The molecule has 1 aromatic heterocycles. The molecular formula is C16H20N2O3. The second-order valence-corrected chi connectivity index (χ2v) is 5.07. The Morgan fingerprint density at radius 2 is 1.90 bits per heavy atom. The van der Waals surface area contributed by atoms with Crippen LogP contribution in [-0.2, 0) is 13.0 Å². The average molecular weight is 288 g/mol. The van der Waals surface area contributed by atoms with Crippen LogP contribution >= 0.6 is 0 Å². The molecular weight excluding hydrogens is 268 g/mol. The first kappa shape index (κ1) is 15.0. The van der Waals surface area contributed by atoms with Crippen molar-refractivity contribution in [2.24, 2.45) is 5.73 Å². The molecule has 0 unspecified atom stereocenters. The summed E-state index contributed by atoms with van der Waals surface area (Å²) in [4.78, 5) is 11.3. The summed E-state index contributed by atoms with van der Waals surface area (Å²) >= 11 is 0. The van der Waals surface area contributed by atoms with E-state index in [-0.39, 0.29) is 11.3 Å². The number of carbonyl (C=O) groups is 1. The molecule has 21 heavy (non-hydrogen) atoms. The lowest BCUT2D eigenvalue weighted by atomic mass is 10.1. The van der Waals surface area contributed by atoms with Gasteiger partial charge in [0, 0.05) is 17.9 Å². The Hall–Kier alpha value is -2.43. The van der Waals surface area contributed by atoms with E-state index < -0.39 is 5.91 Å². The van der Waals surface area contributed by atoms with Crippen LogP contribution in [0.3, 0.4) is 0 Å². The van der Waals surface area contributed by atoms with Crippen LogP contribution in [0.15, 0.2) is 24.3 Å². The first-order valence-electron chi connectivity index (χ1n) is 6.76. The van der Waals surface area contributed by atoms with Gasteiger partial charge in [-0.1, -0.05) is 0 Å². The van der Waals surface area contributed by atoms with Gasteiger partial charge in [0.1, 0.15) is 17.1 Å². The van der Waals surface area contributed by atoms with Crippen molar-refractivity contribution >= 4 is 5.91 Å². The summed E-state index contributed by atoms with van der Waals surface area (Å²) in [7, 11) is 1.45. The van der Waals surface area contributed by atoms with Gasteiger partial charge >= 0.3 is 0 Å². The number of phenols is 1. The molecule has 5 heteroatoms. The second kappa shape index (κ2) is 5.91. The van der Waals surface area contributed by atoms with Gasteiger partial charge in [-0.3, -0.25) is 4.79 Å². The number of methoxy groups -OCH3 is 1. The smallest absolute Gasteiger partial charge is 0.256 e. The minimum atomic E-state index is -0.701. The second-order valence-electron chi connectivity index (χ2n) is 5.07. The Kier molecular flexibility index (Phi) is 4.21. The zero-order valence-corrected chi connectivity index (χ0v) is 12.5. The molecule has 2 aromatic rings. The van der Waals surface area contributed by atoms with Crippen LogP contribution in [0.5, 0.6) is 11.5 Å². The van der Waals surface area contributed by atoms with E-state index in [2.05, 4.69) is 30.5 Å². The van der Waals surface area contributed by atoms with Gasteiger partial charge in [0.15, 0.2) is 0 Å². The summed E-state index contributed by atoms with van der Waals surface area (Å²) in [6.45, 7) is 4.91. The van der Waals surface area contributed by atoms with Crippen LogP contribution in [0.25, 0.3) is 0 Å². The van der Waals surface area contributed by atoms with Crippen LogP contribution in [0.4, 0.5) is 0 Å². The van der Waals surface area contributed by atoms with E-state index in [9.17, 15) is 9.90 Å². The van der Waals surface area contributed by atoms with Crippen molar-refractivity contribution in [2.45, 2.75) is 26.8 Å². The number of amides is 1. The third-order valence-corrected chi connectivity index (χ3v) is 3.65. The quantitative estimate of drug-likeness (QED) is 0.885. The molecule has 2 rings (SSSR count). The highest BCUT2D eigenvalue weighted by Crippen LogP contribution is 2.29. The van der Waals surface area contributed by atoms with E-state index in [1.165, 1.54) is 18.5 Å². The summed E-state index contributed by atoms with van der Waals surface area (Å²) in [6.07, 6.45) is 0.722. The Labute approximate surface area is 124 Å². The molecule has 1 amide bonds. The summed E-state index contributed by atoms with van der Waals surface area (Å²) < 4.78 is 7.34. The van der Waals surface area contributed by atoms with Crippen LogP contribution in [-0.4, -0.2) is 22.7 Å². The fraction of sp³-hybridized carbons (Fsp3) is 0.312. The number of carbonyl (C=O) groups excluding carboxylic acids is 1. The molecule has 0 saturated carbocycles. The molecule has 0 spiro atoms. The molecule has 0 aliphatic rings. The maximum absolute atomic E-state index is 11.3. The highest BCUT2D eigenvalue weighted by atomic mass is 16.5. The molecule has 0 radical (unpaired) electrons. The lowest BCUT2D eigenvalue weighted by Gasteiger charge is -2.13. The molecule has 0 bridgehead atoms. The van der Waals surface area contributed by atoms with Crippen molar-refractivity contribution in [1.82, 2.24) is 4.57 Å². The SMILES string of the molecule is COc1cc(CCn2c(C)ccc2C)cc(O)c1C(N)=O. The Morgan fingerprint density at radius 3 is 2.43 bits per heavy atom. The van der Waals surface area contributed by atoms with Gasteiger partial charge in [-0.25, -0.2) is 0 Å². The Morgan fingerprint density at radius 1 is 1.29 bits per heavy atom. The van der Waals surface area contributed by atoms with E-state index in [0.717, 1.165) is 18.5 Å². The van der Waals surface area contributed by atoms with Crippen LogP contribution in [0.2, 0.25) is 0 Å². The molecule has 0 atom stereocenters. The van der Waals surface area contributed by atoms with Crippen LogP contribution in [0.1, 0.15) is 27.3 Å². The minimum Gasteiger partial charge on any atom is -0.507 e. The largest absolute Gasteiger partial charge is 0.507 e. The molecule has 0 fully saturated rings. The number of aromatic hydroxyl groups is 1. The molecule has 1 aromatic carbocycles. The summed E-state index contributed by atoms with van der Waals surface area (Å²) in [5, 5.41) is 9.95. The first-order chi connectivity index (χ1) is 9.93. The predicted molar refractivity (Wildman–Crippen MR) is 80.8 cm³/mol. The lowest BCUT2D eigenvalue weighted by Crippen LogP contribution is -2.13. The Bertz CT molecular complexity index is 655. The highest BCUT2D eigenvalue weighted by Gasteiger charge is 2.16. The number of nitrogens with zero attached hydrogens (tertiary/aromatic N) is 1. The molecule has 5 nitrogen and oxygen atoms in total. The van der Waals surface area contributed by atoms with Gasteiger partial charge in [-0.05, 0) is 50.1 Å². The maximum atomic E-state index is 11.3. The maximum Gasteiger partial charge on any atom is 0.256 e. The zero-order valence-electron chi connectivity index (χ0n) is 12.5. The third-order valence-electron chi connectivity index (χ3n) is 3.65. The van der Waals surface area contributed by atoms with Crippen LogP contribution < -0.4 is 10.5 Å². The highest BCUT2D eigenvalue weighted by molar-refractivity contribution is 5.98. The van der Waals surface area contributed by atoms with E-state index in [0.29, 0.717) is 5.75 Å². The van der Waals surface area contributed by atoms with E-state index in [4.69, 9.17) is 10.5 Å². The normalized spacial score (nSPS) is 10.6. The number of benzene rings is 1. The molecule has 0 aliphatic carbocycles. The van der Waals surface area contributed by atoms with Gasteiger partial charge in [0.05, 0.1) is 7.11 Å². The predicted octanol–water partition coefficient (Wildman–Crippen LogP) is 2.16. The topological polar surface area (TPSA) is 77.5 Å². The van der Waals surface area contributed by atoms with Gasteiger partial charge in [0.25, 0.3) is 5.91 Å². The van der Waals surface area contributed by atoms with Crippen LogP contribution in [0, 0.1) is 13.8 Å². The number of hydrogen-bond acceptors (Lipinski definition) is 3. The van der Waals surface area contributed by atoms with Crippen molar-refractivity contribution in [2.75, 3.05) is 7.11 Å². The monoisotopic (exact) mass is 288 g/mol. The summed E-state index contributed by atoms with van der Waals surface area (Å²) in [5.74, 6) is -0.538. The number of nitrogens with two attached hydrogens (primary N) is 1. The standard InChI is InChI=1S/C16H20N2O3/c1-10-4-5-11(2)18(10)7-6-12-8-13(19)15(16(17)20)14(9-12)21-3/h4-5,8-9,19H,6-7H2,1-3H3,(H2,17,20). The number of ether oxygens (including phenoxy) is 1. The van der Waals surface area contributed by atoms with Gasteiger partial charge < -0.3 is 20.1 Å². The van der Waals surface area contributed by atoms with E-state index >= 15 is 0 Å². The van der Waals surface area contributed by atoms with E-state index in [1.54, 1.807) is 12.1 Å². The van der Waals surface area contributed by atoms with Crippen molar-refractivity contribution in [3.8, 4) is 11.5 Å². The molecule has 1 heterocycles. The summed E-state index contributed by atoms with van der Waals surface area (Å²) in [6, 6.07) is 7.46. The first-order valence-corrected chi connectivity index (χ1v) is 6.76. The molecule has 0 aliphatic heterocycles. The fourth-order valence-corrected chi connectivity index (χ4v) is 2.50. The lowest BCUT2D eigenvalue weighted by molar-refractivity contribution is 0.0994.